The fourth-order valence-electron chi connectivity index (χ4n) is 1.66. The van der Waals surface area contributed by atoms with Gasteiger partial charge in [-0.3, -0.25) is 9.59 Å². The predicted octanol–water partition coefficient (Wildman–Crippen LogP) is 1.65. The van der Waals surface area contributed by atoms with E-state index in [-0.39, 0.29) is 23.8 Å². The average Bonchev–Trinajstić information content (AvgIpc) is 2.22. The minimum Gasteiger partial charge on any atom is -0.481 e. The van der Waals surface area contributed by atoms with Gasteiger partial charge in [0, 0.05) is 12.1 Å². The largest absolute Gasteiger partial charge is 0.481 e. The highest BCUT2D eigenvalue weighted by Gasteiger charge is 2.13. The topological polar surface area (TPSA) is 72.2 Å². The monoisotopic (exact) mass is 252 g/mol. The van der Waals surface area contributed by atoms with Crippen molar-refractivity contribution in [3.8, 4) is 0 Å². The van der Waals surface area contributed by atoms with Crippen LogP contribution < -0.4 is 5.56 Å². The van der Waals surface area contributed by atoms with E-state index in [9.17, 15) is 9.59 Å². The molecule has 1 heterocycles. The third kappa shape index (κ3) is 3.68. The maximum Gasteiger partial charge on any atom is 0.308 e. The molecule has 0 bridgehead atoms. The van der Waals surface area contributed by atoms with Crippen molar-refractivity contribution >= 4 is 5.97 Å². The highest BCUT2D eigenvalue weighted by molar-refractivity contribution is 5.70. The number of rotatable bonds is 5. The van der Waals surface area contributed by atoms with E-state index in [0.29, 0.717) is 12.1 Å². The van der Waals surface area contributed by atoms with E-state index in [0.717, 1.165) is 5.69 Å². The first-order valence-electron chi connectivity index (χ1n) is 6.14. The molecule has 18 heavy (non-hydrogen) atoms. The fourth-order valence-corrected chi connectivity index (χ4v) is 1.66. The molecule has 0 fully saturated rings. The molecule has 5 nitrogen and oxygen atoms in total. The second kappa shape index (κ2) is 5.80. The first-order valence-corrected chi connectivity index (χ1v) is 6.14. The number of aliphatic carboxylic acids is 1. The molecular weight excluding hydrogens is 232 g/mol. The number of carbonyl (C=O) groups is 1. The second-order valence-electron chi connectivity index (χ2n) is 5.20. The SMILES string of the molecule is CC(C)Cn1nc(C(C)C)cc(CC(=O)O)c1=O. The standard InChI is InChI=1S/C13H20N2O3/c1-8(2)7-15-13(18)10(6-12(16)17)5-11(14-15)9(3)4/h5,8-9H,6-7H2,1-4H3,(H,16,17). The van der Waals surface area contributed by atoms with Gasteiger partial charge in [0.15, 0.2) is 0 Å². The fraction of sp³-hybridized carbons (Fsp3) is 0.615. The zero-order chi connectivity index (χ0) is 13.9. The summed E-state index contributed by atoms with van der Waals surface area (Å²) in [4.78, 5) is 22.8. The Morgan fingerprint density at radius 2 is 2.00 bits per heavy atom. The van der Waals surface area contributed by atoms with Gasteiger partial charge in [-0.15, -0.1) is 0 Å². The third-order valence-electron chi connectivity index (χ3n) is 2.54. The summed E-state index contributed by atoms with van der Waals surface area (Å²) in [6.07, 6.45) is -0.251. The summed E-state index contributed by atoms with van der Waals surface area (Å²) in [6, 6.07) is 1.61. The van der Waals surface area contributed by atoms with Gasteiger partial charge in [0.05, 0.1) is 12.1 Å². The summed E-state index contributed by atoms with van der Waals surface area (Å²) in [5, 5.41) is 13.1. The van der Waals surface area contributed by atoms with E-state index in [4.69, 9.17) is 5.11 Å². The average molecular weight is 252 g/mol. The summed E-state index contributed by atoms with van der Waals surface area (Å²) in [5.41, 5.74) is 0.767. The van der Waals surface area contributed by atoms with Crippen molar-refractivity contribution in [3.05, 3.63) is 27.7 Å². The summed E-state index contributed by atoms with van der Waals surface area (Å²) >= 11 is 0. The molecule has 0 unspecified atom stereocenters. The van der Waals surface area contributed by atoms with Crippen LogP contribution in [0.2, 0.25) is 0 Å². The lowest BCUT2D eigenvalue weighted by Gasteiger charge is -2.13. The Balaban J connectivity index is 3.28. The molecule has 1 N–H and O–H groups in total. The molecule has 100 valence electrons. The Labute approximate surface area is 106 Å². The van der Waals surface area contributed by atoms with Crippen LogP contribution in [0.15, 0.2) is 10.9 Å². The maximum absolute atomic E-state index is 12.1. The Morgan fingerprint density at radius 1 is 1.39 bits per heavy atom. The van der Waals surface area contributed by atoms with Crippen LogP contribution in [-0.2, 0) is 17.8 Å². The zero-order valence-corrected chi connectivity index (χ0v) is 11.3. The first kappa shape index (κ1) is 14.4. The summed E-state index contributed by atoms with van der Waals surface area (Å²) in [5.74, 6) is -0.545. The van der Waals surface area contributed by atoms with Gasteiger partial charge in [0.1, 0.15) is 0 Å². The number of aromatic nitrogens is 2. The van der Waals surface area contributed by atoms with Crippen LogP contribution in [0.1, 0.15) is 44.9 Å². The molecule has 0 radical (unpaired) electrons. The normalized spacial score (nSPS) is 11.2. The molecule has 1 aromatic rings. The molecular formula is C13H20N2O3. The van der Waals surface area contributed by atoms with Gasteiger partial charge < -0.3 is 5.11 Å². The number of hydrogen-bond acceptors (Lipinski definition) is 3. The molecule has 0 spiro atoms. The number of carboxylic acid groups (broad SMARTS) is 1. The van der Waals surface area contributed by atoms with Gasteiger partial charge in [-0.1, -0.05) is 27.7 Å². The van der Waals surface area contributed by atoms with Crippen LogP contribution in [0.5, 0.6) is 0 Å². The van der Waals surface area contributed by atoms with Crippen LogP contribution in [0.4, 0.5) is 0 Å². The van der Waals surface area contributed by atoms with Crippen LogP contribution in [0, 0.1) is 5.92 Å². The predicted molar refractivity (Wildman–Crippen MR) is 68.8 cm³/mol. The highest BCUT2D eigenvalue weighted by atomic mass is 16.4. The van der Waals surface area contributed by atoms with Crippen LogP contribution in [0.25, 0.3) is 0 Å². The van der Waals surface area contributed by atoms with E-state index in [1.165, 1.54) is 4.68 Å². The first-order chi connectivity index (χ1) is 8.31. The van der Waals surface area contributed by atoms with Crippen molar-refractivity contribution in [2.24, 2.45) is 5.92 Å². The van der Waals surface area contributed by atoms with E-state index in [1.807, 2.05) is 27.7 Å². The minimum atomic E-state index is -0.996. The summed E-state index contributed by atoms with van der Waals surface area (Å²) < 4.78 is 1.39. The zero-order valence-electron chi connectivity index (χ0n) is 11.3. The van der Waals surface area contributed by atoms with Crippen LogP contribution >= 0.6 is 0 Å². The molecule has 0 aliphatic rings. The van der Waals surface area contributed by atoms with Crippen molar-refractivity contribution in [2.45, 2.75) is 46.6 Å². The Hall–Kier alpha value is -1.65. The van der Waals surface area contributed by atoms with Crippen molar-refractivity contribution in [3.63, 3.8) is 0 Å². The second-order valence-corrected chi connectivity index (χ2v) is 5.20. The van der Waals surface area contributed by atoms with Gasteiger partial charge in [0.2, 0.25) is 0 Å². The van der Waals surface area contributed by atoms with Gasteiger partial charge in [-0.25, -0.2) is 4.68 Å². The van der Waals surface area contributed by atoms with Gasteiger partial charge >= 0.3 is 5.97 Å². The quantitative estimate of drug-likeness (QED) is 0.864. The van der Waals surface area contributed by atoms with Gasteiger partial charge in [0.25, 0.3) is 5.56 Å². The maximum atomic E-state index is 12.1. The smallest absolute Gasteiger partial charge is 0.308 e. The Morgan fingerprint density at radius 3 is 2.44 bits per heavy atom. The van der Waals surface area contributed by atoms with E-state index < -0.39 is 5.97 Å². The summed E-state index contributed by atoms with van der Waals surface area (Å²) in [6.45, 7) is 8.43. The Kier molecular flexibility index (Phi) is 4.64. The minimum absolute atomic E-state index is 0.163. The molecule has 0 amide bonds. The molecule has 0 aliphatic heterocycles. The molecule has 0 aliphatic carbocycles. The van der Waals surface area contributed by atoms with Crippen LogP contribution in [0.3, 0.4) is 0 Å². The number of carboxylic acids is 1. The lowest BCUT2D eigenvalue weighted by Crippen LogP contribution is -2.30. The number of nitrogens with zero attached hydrogens (tertiary/aromatic N) is 2. The highest BCUT2D eigenvalue weighted by Crippen LogP contribution is 2.11. The van der Waals surface area contributed by atoms with Crippen molar-refractivity contribution in [2.75, 3.05) is 0 Å². The van der Waals surface area contributed by atoms with E-state index in [1.54, 1.807) is 6.07 Å². The van der Waals surface area contributed by atoms with E-state index >= 15 is 0 Å². The molecule has 5 heteroatoms. The molecule has 0 saturated heterocycles. The van der Waals surface area contributed by atoms with Crippen molar-refractivity contribution in [1.29, 1.82) is 0 Å². The van der Waals surface area contributed by atoms with Gasteiger partial charge in [-0.2, -0.15) is 5.10 Å². The van der Waals surface area contributed by atoms with Crippen molar-refractivity contribution < 1.29 is 9.90 Å². The molecule has 0 atom stereocenters. The number of hydrogen-bond donors (Lipinski definition) is 1. The van der Waals surface area contributed by atoms with Crippen LogP contribution in [-0.4, -0.2) is 20.9 Å². The van der Waals surface area contributed by atoms with Crippen molar-refractivity contribution in [1.82, 2.24) is 9.78 Å². The Bertz CT molecular complexity index is 489. The lowest BCUT2D eigenvalue weighted by atomic mass is 10.1. The third-order valence-corrected chi connectivity index (χ3v) is 2.54. The molecule has 1 aromatic heterocycles. The summed E-state index contributed by atoms with van der Waals surface area (Å²) in [7, 11) is 0. The van der Waals surface area contributed by atoms with Gasteiger partial charge in [-0.05, 0) is 17.9 Å². The molecule has 1 rings (SSSR count). The lowest BCUT2D eigenvalue weighted by molar-refractivity contribution is -0.136. The molecule has 0 aromatic carbocycles. The van der Waals surface area contributed by atoms with E-state index in [2.05, 4.69) is 5.10 Å². The molecule has 0 saturated carbocycles.